The SMILES string of the molecule is COc1cccc(C(C)NCc2ccc(OC)c(-c3cnc4c(ccn4C)c3)c2)c1. The number of hydrogen-bond acceptors (Lipinski definition) is 4. The van der Waals surface area contributed by atoms with Crippen LogP contribution in [0.15, 0.2) is 67.0 Å². The average Bonchev–Trinajstić information content (AvgIpc) is 3.17. The minimum atomic E-state index is 0.202. The van der Waals surface area contributed by atoms with Gasteiger partial charge in [-0.3, -0.25) is 0 Å². The zero-order chi connectivity index (χ0) is 21.1. The van der Waals surface area contributed by atoms with E-state index >= 15 is 0 Å². The van der Waals surface area contributed by atoms with Crippen LogP contribution in [0.1, 0.15) is 24.1 Å². The molecule has 0 radical (unpaired) electrons. The van der Waals surface area contributed by atoms with Crippen molar-refractivity contribution in [1.29, 1.82) is 0 Å². The van der Waals surface area contributed by atoms with Gasteiger partial charge in [0.15, 0.2) is 0 Å². The van der Waals surface area contributed by atoms with E-state index in [0.29, 0.717) is 0 Å². The Bertz CT molecular complexity index is 1170. The highest BCUT2D eigenvalue weighted by Crippen LogP contribution is 2.32. The molecule has 0 bridgehead atoms. The molecule has 0 amide bonds. The number of aryl methyl sites for hydroxylation is 1. The van der Waals surface area contributed by atoms with Gasteiger partial charge in [-0.25, -0.2) is 4.98 Å². The Labute approximate surface area is 177 Å². The summed E-state index contributed by atoms with van der Waals surface area (Å²) in [7, 11) is 5.40. The molecule has 0 fully saturated rings. The third kappa shape index (κ3) is 4.02. The van der Waals surface area contributed by atoms with Crippen molar-refractivity contribution < 1.29 is 9.47 Å². The number of nitrogens with one attached hydrogen (secondary N) is 1. The highest BCUT2D eigenvalue weighted by molar-refractivity contribution is 5.83. The molecule has 154 valence electrons. The fraction of sp³-hybridized carbons (Fsp3) is 0.240. The Morgan fingerprint density at radius 2 is 1.90 bits per heavy atom. The molecule has 0 aliphatic heterocycles. The number of fused-ring (bicyclic) bond motifs is 1. The fourth-order valence-electron chi connectivity index (χ4n) is 3.69. The van der Waals surface area contributed by atoms with Gasteiger partial charge in [-0.05, 0) is 54.4 Å². The van der Waals surface area contributed by atoms with Crippen LogP contribution in [0.4, 0.5) is 0 Å². The van der Waals surface area contributed by atoms with E-state index in [1.165, 1.54) is 11.1 Å². The first-order valence-electron chi connectivity index (χ1n) is 10.0. The molecule has 2 aromatic carbocycles. The largest absolute Gasteiger partial charge is 0.497 e. The first-order valence-corrected chi connectivity index (χ1v) is 10.0. The van der Waals surface area contributed by atoms with E-state index in [1.54, 1.807) is 14.2 Å². The zero-order valence-corrected chi connectivity index (χ0v) is 17.8. The molecule has 4 aromatic rings. The number of pyridine rings is 1. The minimum absolute atomic E-state index is 0.202. The van der Waals surface area contributed by atoms with Crippen LogP contribution in [0.3, 0.4) is 0 Å². The summed E-state index contributed by atoms with van der Waals surface area (Å²) in [5.74, 6) is 1.72. The van der Waals surface area contributed by atoms with Crippen LogP contribution in [0, 0.1) is 0 Å². The predicted octanol–water partition coefficient (Wildman–Crippen LogP) is 5.11. The number of aromatic nitrogens is 2. The van der Waals surface area contributed by atoms with Crippen LogP contribution in [0.5, 0.6) is 11.5 Å². The van der Waals surface area contributed by atoms with Crippen molar-refractivity contribution in [2.45, 2.75) is 19.5 Å². The van der Waals surface area contributed by atoms with E-state index in [2.05, 4.69) is 53.6 Å². The van der Waals surface area contributed by atoms with Crippen LogP contribution >= 0.6 is 0 Å². The molecule has 1 unspecified atom stereocenters. The molecular weight excluding hydrogens is 374 g/mol. The van der Waals surface area contributed by atoms with Gasteiger partial charge < -0.3 is 19.4 Å². The summed E-state index contributed by atoms with van der Waals surface area (Å²) >= 11 is 0. The summed E-state index contributed by atoms with van der Waals surface area (Å²) in [6, 6.07) is 18.9. The molecule has 0 saturated carbocycles. The molecule has 0 aliphatic rings. The first-order chi connectivity index (χ1) is 14.6. The number of rotatable bonds is 7. The van der Waals surface area contributed by atoms with E-state index in [1.807, 2.05) is 42.2 Å². The first kappa shape index (κ1) is 20.0. The van der Waals surface area contributed by atoms with E-state index in [-0.39, 0.29) is 6.04 Å². The highest BCUT2D eigenvalue weighted by atomic mass is 16.5. The Kier molecular flexibility index (Phi) is 5.72. The van der Waals surface area contributed by atoms with Gasteiger partial charge in [-0.2, -0.15) is 0 Å². The van der Waals surface area contributed by atoms with Crippen LogP contribution in [-0.4, -0.2) is 23.8 Å². The van der Waals surface area contributed by atoms with Crippen LogP contribution in [0.2, 0.25) is 0 Å². The van der Waals surface area contributed by atoms with E-state index in [4.69, 9.17) is 9.47 Å². The second kappa shape index (κ2) is 8.59. The average molecular weight is 402 g/mol. The molecule has 2 aromatic heterocycles. The molecule has 0 aliphatic carbocycles. The number of ether oxygens (including phenoxy) is 2. The van der Waals surface area contributed by atoms with E-state index in [0.717, 1.165) is 40.2 Å². The van der Waals surface area contributed by atoms with Crippen LogP contribution in [0.25, 0.3) is 22.2 Å². The minimum Gasteiger partial charge on any atom is -0.497 e. The number of nitrogens with zero attached hydrogens (tertiary/aromatic N) is 2. The molecule has 5 nitrogen and oxygen atoms in total. The Hall–Kier alpha value is -3.31. The van der Waals surface area contributed by atoms with E-state index < -0.39 is 0 Å². The second-order valence-corrected chi connectivity index (χ2v) is 7.48. The molecule has 2 heterocycles. The van der Waals surface area contributed by atoms with Crippen molar-refractivity contribution in [3.05, 3.63) is 78.1 Å². The topological polar surface area (TPSA) is 48.3 Å². The lowest BCUT2D eigenvalue weighted by Crippen LogP contribution is -2.18. The van der Waals surface area contributed by atoms with Gasteiger partial charge >= 0.3 is 0 Å². The monoisotopic (exact) mass is 401 g/mol. The second-order valence-electron chi connectivity index (χ2n) is 7.48. The number of benzene rings is 2. The molecular formula is C25H27N3O2. The quantitative estimate of drug-likeness (QED) is 0.468. The maximum atomic E-state index is 5.63. The lowest BCUT2D eigenvalue weighted by Gasteiger charge is -2.16. The smallest absolute Gasteiger partial charge is 0.139 e. The molecule has 4 rings (SSSR count). The maximum Gasteiger partial charge on any atom is 0.139 e. The standard InChI is InChI=1S/C25H27N3O2/c1-17(19-6-5-7-22(14-19)29-3)26-15-18-8-9-24(30-4)23(12-18)21-13-20-10-11-28(2)25(20)27-16-21/h5-14,16-17,26H,15H2,1-4H3. The third-order valence-corrected chi connectivity index (χ3v) is 5.49. The molecule has 1 N–H and O–H groups in total. The lowest BCUT2D eigenvalue weighted by atomic mass is 10.0. The predicted molar refractivity (Wildman–Crippen MR) is 121 cm³/mol. The van der Waals surface area contributed by atoms with Gasteiger partial charge in [0.2, 0.25) is 0 Å². The summed E-state index contributed by atoms with van der Waals surface area (Å²) < 4.78 is 13.0. The highest BCUT2D eigenvalue weighted by Gasteiger charge is 2.11. The van der Waals surface area contributed by atoms with Gasteiger partial charge in [0.05, 0.1) is 14.2 Å². The van der Waals surface area contributed by atoms with Crippen molar-refractivity contribution in [2.75, 3.05) is 14.2 Å². The fourth-order valence-corrected chi connectivity index (χ4v) is 3.69. The summed E-state index contributed by atoms with van der Waals surface area (Å²) in [4.78, 5) is 4.63. The Morgan fingerprint density at radius 3 is 2.70 bits per heavy atom. The summed E-state index contributed by atoms with van der Waals surface area (Å²) in [6.45, 7) is 2.91. The molecule has 0 spiro atoms. The zero-order valence-electron chi connectivity index (χ0n) is 17.8. The number of hydrogen-bond donors (Lipinski definition) is 1. The normalized spacial score (nSPS) is 12.1. The van der Waals surface area contributed by atoms with Gasteiger partial charge in [-0.1, -0.05) is 18.2 Å². The summed E-state index contributed by atoms with van der Waals surface area (Å²) in [5.41, 5.74) is 5.45. The number of methoxy groups -OCH3 is 2. The van der Waals surface area contributed by atoms with Gasteiger partial charge in [0, 0.05) is 48.5 Å². The summed E-state index contributed by atoms with van der Waals surface area (Å²) in [6.07, 6.45) is 3.94. The molecule has 5 heteroatoms. The van der Waals surface area contributed by atoms with Crippen LogP contribution < -0.4 is 14.8 Å². The molecule has 1 atom stereocenters. The van der Waals surface area contributed by atoms with Gasteiger partial charge in [0.25, 0.3) is 0 Å². The Balaban J connectivity index is 1.57. The summed E-state index contributed by atoms with van der Waals surface area (Å²) in [5, 5.41) is 4.72. The molecule has 30 heavy (non-hydrogen) atoms. The lowest BCUT2D eigenvalue weighted by molar-refractivity contribution is 0.413. The maximum absolute atomic E-state index is 5.63. The molecule has 0 saturated heterocycles. The van der Waals surface area contributed by atoms with Crippen LogP contribution in [-0.2, 0) is 13.6 Å². The van der Waals surface area contributed by atoms with Gasteiger partial charge in [0.1, 0.15) is 17.1 Å². The van der Waals surface area contributed by atoms with Gasteiger partial charge in [-0.15, -0.1) is 0 Å². The van der Waals surface area contributed by atoms with Crippen molar-refractivity contribution in [3.8, 4) is 22.6 Å². The van der Waals surface area contributed by atoms with Crippen molar-refractivity contribution >= 4 is 11.0 Å². The van der Waals surface area contributed by atoms with Crippen molar-refractivity contribution in [2.24, 2.45) is 7.05 Å². The van der Waals surface area contributed by atoms with Crippen molar-refractivity contribution in [1.82, 2.24) is 14.9 Å². The third-order valence-electron chi connectivity index (χ3n) is 5.49. The Morgan fingerprint density at radius 1 is 1.03 bits per heavy atom. The van der Waals surface area contributed by atoms with Crippen molar-refractivity contribution in [3.63, 3.8) is 0 Å². The van der Waals surface area contributed by atoms with E-state index in [9.17, 15) is 0 Å².